The van der Waals surface area contributed by atoms with Crippen LogP contribution in [0.3, 0.4) is 0 Å². The Morgan fingerprint density at radius 3 is 2.39 bits per heavy atom. The molecule has 0 bridgehead atoms. The molecule has 0 aliphatic heterocycles. The average molecular weight is 260 g/mol. The third kappa shape index (κ3) is 3.40. The number of Topliss-reactive ketones (excluding diaryl/α,β-unsaturated/α-hetero) is 2. The number of aliphatic hydroxyl groups excluding tert-OH is 1. The van der Waals surface area contributed by atoms with Crippen LogP contribution in [0, 0.1) is 17.5 Å². The quantitative estimate of drug-likeness (QED) is 0.483. The summed E-state index contributed by atoms with van der Waals surface area (Å²) in [5.74, 6) is -6.11. The van der Waals surface area contributed by atoms with Gasteiger partial charge in [0, 0.05) is 13.0 Å². The van der Waals surface area contributed by atoms with Gasteiger partial charge in [0.05, 0.1) is 12.0 Å². The first kappa shape index (κ1) is 14.4. The van der Waals surface area contributed by atoms with Crippen molar-refractivity contribution in [2.45, 2.75) is 19.3 Å². The molecule has 3 nitrogen and oxygen atoms in total. The molecule has 1 N–H and O–H groups in total. The molecule has 0 aliphatic carbocycles. The van der Waals surface area contributed by atoms with Crippen LogP contribution in [0.25, 0.3) is 0 Å². The Morgan fingerprint density at radius 2 is 1.78 bits per heavy atom. The summed E-state index contributed by atoms with van der Waals surface area (Å²) < 4.78 is 38.7. The number of hydrogen-bond acceptors (Lipinski definition) is 3. The van der Waals surface area contributed by atoms with Crippen molar-refractivity contribution in [1.82, 2.24) is 0 Å². The molecule has 0 amide bonds. The van der Waals surface area contributed by atoms with E-state index in [2.05, 4.69) is 0 Å². The molecular weight excluding hydrogens is 249 g/mol. The second-order valence-corrected chi connectivity index (χ2v) is 3.69. The van der Waals surface area contributed by atoms with Gasteiger partial charge >= 0.3 is 0 Å². The number of hydrogen-bond donors (Lipinski definition) is 1. The molecule has 0 aromatic heterocycles. The van der Waals surface area contributed by atoms with Crippen LogP contribution < -0.4 is 0 Å². The zero-order chi connectivity index (χ0) is 13.7. The van der Waals surface area contributed by atoms with Crippen molar-refractivity contribution in [3.8, 4) is 0 Å². The number of ketones is 2. The van der Waals surface area contributed by atoms with Crippen molar-refractivity contribution in [1.29, 1.82) is 0 Å². The van der Waals surface area contributed by atoms with Gasteiger partial charge in [0.15, 0.2) is 23.2 Å². The minimum atomic E-state index is -1.73. The molecule has 0 heterocycles. The third-order valence-corrected chi connectivity index (χ3v) is 2.31. The molecule has 0 unspecified atom stereocenters. The van der Waals surface area contributed by atoms with Crippen LogP contribution >= 0.6 is 0 Å². The van der Waals surface area contributed by atoms with Gasteiger partial charge in [-0.15, -0.1) is 0 Å². The molecule has 98 valence electrons. The lowest BCUT2D eigenvalue weighted by atomic mass is 10.0. The van der Waals surface area contributed by atoms with Gasteiger partial charge in [0.1, 0.15) is 5.78 Å². The fraction of sp³-hybridized carbons (Fsp3) is 0.333. The summed E-state index contributed by atoms with van der Waals surface area (Å²) in [5, 5.41) is 8.49. The molecule has 0 aliphatic rings. The minimum Gasteiger partial charge on any atom is -0.396 e. The summed E-state index contributed by atoms with van der Waals surface area (Å²) in [6, 6.07) is 1.43. The van der Waals surface area contributed by atoms with Crippen LogP contribution in [-0.4, -0.2) is 23.3 Å². The van der Waals surface area contributed by atoms with Gasteiger partial charge in [-0.25, -0.2) is 13.2 Å². The van der Waals surface area contributed by atoms with E-state index in [0.29, 0.717) is 6.07 Å². The van der Waals surface area contributed by atoms with Crippen LogP contribution in [0.2, 0.25) is 0 Å². The lowest BCUT2D eigenvalue weighted by molar-refractivity contribution is -0.118. The monoisotopic (exact) mass is 260 g/mol. The van der Waals surface area contributed by atoms with E-state index in [4.69, 9.17) is 5.11 Å². The molecule has 0 atom stereocenters. The Bertz CT molecular complexity index is 472. The van der Waals surface area contributed by atoms with Gasteiger partial charge in [0.25, 0.3) is 0 Å². The summed E-state index contributed by atoms with van der Waals surface area (Å²) in [5.41, 5.74) is -0.647. The molecule has 0 saturated heterocycles. The second-order valence-electron chi connectivity index (χ2n) is 3.69. The van der Waals surface area contributed by atoms with Crippen molar-refractivity contribution < 1.29 is 27.9 Å². The Morgan fingerprint density at radius 1 is 1.11 bits per heavy atom. The first-order valence-electron chi connectivity index (χ1n) is 5.26. The fourth-order valence-corrected chi connectivity index (χ4v) is 1.38. The summed E-state index contributed by atoms with van der Waals surface area (Å²) >= 11 is 0. The van der Waals surface area contributed by atoms with E-state index in [9.17, 15) is 22.8 Å². The first-order valence-corrected chi connectivity index (χ1v) is 5.26. The summed E-state index contributed by atoms with van der Waals surface area (Å²) in [6.07, 6.45) is -0.415. The van der Waals surface area contributed by atoms with Crippen molar-refractivity contribution in [3.63, 3.8) is 0 Å². The van der Waals surface area contributed by atoms with Crippen LogP contribution in [-0.2, 0) is 4.79 Å². The van der Waals surface area contributed by atoms with Crippen LogP contribution in [0.15, 0.2) is 12.1 Å². The summed E-state index contributed by atoms with van der Waals surface area (Å²) in [4.78, 5) is 22.7. The number of halogens is 3. The second kappa shape index (κ2) is 6.30. The van der Waals surface area contributed by atoms with Crippen molar-refractivity contribution in [2.24, 2.45) is 0 Å². The molecule has 1 aromatic rings. The van der Waals surface area contributed by atoms with Gasteiger partial charge in [0.2, 0.25) is 0 Å². The smallest absolute Gasteiger partial charge is 0.195 e. The maximum absolute atomic E-state index is 13.2. The van der Waals surface area contributed by atoms with E-state index < -0.39 is 41.0 Å². The Kier molecular flexibility index (Phi) is 5.03. The lowest BCUT2D eigenvalue weighted by Gasteiger charge is -2.03. The molecule has 0 radical (unpaired) electrons. The molecule has 6 heteroatoms. The number of benzene rings is 1. The molecule has 0 spiro atoms. The average Bonchev–Trinajstić information content (AvgIpc) is 2.33. The maximum Gasteiger partial charge on any atom is 0.195 e. The van der Waals surface area contributed by atoms with Gasteiger partial charge in [-0.3, -0.25) is 9.59 Å². The Balaban J connectivity index is 2.79. The topological polar surface area (TPSA) is 54.4 Å². The fourth-order valence-electron chi connectivity index (χ4n) is 1.38. The zero-order valence-electron chi connectivity index (χ0n) is 9.38. The van der Waals surface area contributed by atoms with Gasteiger partial charge in [-0.2, -0.15) is 0 Å². The van der Waals surface area contributed by atoms with Crippen molar-refractivity contribution >= 4 is 11.6 Å². The van der Waals surface area contributed by atoms with E-state index >= 15 is 0 Å². The number of rotatable bonds is 6. The molecule has 0 saturated carbocycles. The van der Waals surface area contributed by atoms with E-state index in [0.717, 1.165) is 6.07 Å². The first-order chi connectivity index (χ1) is 8.47. The molecule has 18 heavy (non-hydrogen) atoms. The number of carbonyl (C=O) groups is 2. The Labute approximate surface area is 101 Å². The highest BCUT2D eigenvalue weighted by molar-refractivity contribution is 6.08. The number of aliphatic hydroxyl groups is 1. The van der Waals surface area contributed by atoms with Gasteiger partial charge in [-0.1, -0.05) is 0 Å². The molecule has 1 aromatic carbocycles. The summed E-state index contributed by atoms with van der Waals surface area (Å²) in [6.45, 7) is -0.195. The van der Waals surface area contributed by atoms with Crippen molar-refractivity contribution in [2.75, 3.05) is 6.61 Å². The van der Waals surface area contributed by atoms with Crippen LogP contribution in [0.1, 0.15) is 29.6 Å². The minimum absolute atomic E-state index is 0.0203. The van der Waals surface area contributed by atoms with Crippen LogP contribution in [0.4, 0.5) is 13.2 Å². The normalized spacial score (nSPS) is 10.4. The standard InChI is InChI=1S/C12H11F3O3/c13-9-4-3-8(11(14)12(9)15)10(18)6-7(17)2-1-5-16/h3-4,16H,1-2,5-6H2. The van der Waals surface area contributed by atoms with E-state index in [1.54, 1.807) is 0 Å². The largest absolute Gasteiger partial charge is 0.396 e. The van der Waals surface area contributed by atoms with Crippen LogP contribution in [0.5, 0.6) is 0 Å². The van der Waals surface area contributed by atoms with Crippen molar-refractivity contribution in [3.05, 3.63) is 35.1 Å². The Hall–Kier alpha value is -1.69. The van der Waals surface area contributed by atoms with E-state index in [1.165, 1.54) is 0 Å². The maximum atomic E-state index is 13.2. The molecule has 1 rings (SSSR count). The highest BCUT2D eigenvalue weighted by atomic mass is 19.2. The number of carbonyl (C=O) groups excluding carboxylic acids is 2. The summed E-state index contributed by atoms with van der Waals surface area (Å²) in [7, 11) is 0. The predicted octanol–water partition coefficient (Wildman–Crippen LogP) is 2.02. The lowest BCUT2D eigenvalue weighted by Crippen LogP contribution is -2.11. The van der Waals surface area contributed by atoms with Gasteiger partial charge in [-0.05, 0) is 18.6 Å². The predicted molar refractivity (Wildman–Crippen MR) is 56.6 cm³/mol. The van der Waals surface area contributed by atoms with E-state index in [-0.39, 0.29) is 19.4 Å². The molecular formula is C12H11F3O3. The third-order valence-electron chi connectivity index (χ3n) is 2.31. The van der Waals surface area contributed by atoms with E-state index in [1.807, 2.05) is 0 Å². The SMILES string of the molecule is O=C(CCCO)CC(=O)c1ccc(F)c(F)c1F. The highest BCUT2D eigenvalue weighted by Gasteiger charge is 2.20. The zero-order valence-corrected chi connectivity index (χ0v) is 9.38. The molecule has 0 fully saturated rings. The van der Waals surface area contributed by atoms with Gasteiger partial charge < -0.3 is 5.11 Å². The highest BCUT2D eigenvalue weighted by Crippen LogP contribution is 2.17.